The number of anilines is 2. The topological polar surface area (TPSA) is 75.6 Å². The minimum Gasteiger partial charge on any atom is -0.351 e. The first kappa shape index (κ1) is 24.3. The Balaban J connectivity index is 1.37. The average Bonchev–Trinajstić information content (AvgIpc) is 3.14. The van der Waals surface area contributed by atoms with Gasteiger partial charge < -0.3 is 10.6 Å². The Bertz CT molecular complexity index is 1230. The van der Waals surface area contributed by atoms with Gasteiger partial charge in [-0.15, -0.1) is 0 Å². The van der Waals surface area contributed by atoms with Gasteiger partial charge in [0.05, 0.1) is 0 Å². The second-order valence-electron chi connectivity index (χ2n) is 9.21. The number of halogens is 6. The van der Waals surface area contributed by atoms with Crippen LogP contribution in [0.25, 0.3) is 11.5 Å². The summed E-state index contributed by atoms with van der Waals surface area (Å²) in [7, 11) is 0. The third-order valence-corrected chi connectivity index (χ3v) is 6.45. The number of pyridine rings is 1. The lowest BCUT2D eigenvalue weighted by atomic mass is 9.76. The SMILES string of the molecule is Fc1ccc([C@H]2C[C@H](Nc3nc(NC4CCC(F)(F)C4)nc(-c4cccc(C(F)(F)F)n4)n3)C2)cc1. The predicted molar refractivity (Wildman–Crippen MR) is 120 cm³/mol. The fraction of sp³-hybridized carbons (Fsp3) is 0.417. The molecule has 5 rings (SSSR count). The molecule has 36 heavy (non-hydrogen) atoms. The zero-order valence-corrected chi connectivity index (χ0v) is 18.9. The molecule has 2 fully saturated rings. The number of aromatic nitrogens is 4. The van der Waals surface area contributed by atoms with Gasteiger partial charge in [0.15, 0.2) is 5.82 Å². The molecule has 2 saturated carbocycles. The number of alkyl halides is 5. The standard InChI is InChI=1S/C24H22F6N6/c25-15-6-4-13(5-7-15)14-10-17(11-14)32-22-35-20(18-2-1-3-19(33-18)24(28,29)30)34-21(36-22)31-16-8-9-23(26,27)12-16/h1-7,14,16-17H,8-12H2,(H2,31,32,34,35,36)/t14-,16?,17-. The lowest BCUT2D eigenvalue weighted by Gasteiger charge is -2.36. The van der Waals surface area contributed by atoms with E-state index in [0.717, 1.165) is 11.6 Å². The highest BCUT2D eigenvalue weighted by Crippen LogP contribution is 2.39. The molecule has 12 heteroatoms. The van der Waals surface area contributed by atoms with Crippen LogP contribution in [0.3, 0.4) is 0 Å². The normalized spacial score (nSPS) is 23.2. The van der Waals surface area contributed by atoms with E-state index in [1.165, 1.54) is 24.3 Å². The molecule has 0 spiro atoms. The molecule has 190 valence electrons. The number of nitrogens with zero attached hydrogens (tertiary/aromatic N) is 4. The Kier molecular flexibility index (Phi) is 6.21. The zero-order chi connectivity index (χ0) is 25.5. The summed E-state index contributed by atoms with van der Waals surface area (Å²) in [4.78, 5) is 16.4. The van der Waals surface area contributed by atoms with E-state index in [4.69, 9.17) is 0 Å². The van der Waals surface area contributed by atoms with Crippen molar-refractivity contribution in [3.63, 3.8) is 0 Å². The van der Waals surface area contributed by atoms with Crippen LogP contribution in [-0.2, 0) is 6.18 Å². The molecule has 0 radical (unpaired) electrons. The second kappa shape index (κ2) is 9.21. The van der Waals surface area contributed by atoms with Gasteiger partial charge in [0, 0.05) is 24.9 Å². The van der Waals surface area contributed by atoms with Crippen molar-refractivity contribution in [1.82, 2.24) is 19.9 Å². The number of hydrogen-bond acceptors (Lipinski definition) is 6. The molecule has 1 aromatic carbocycles. The largest absolute Gasteiger partial charge is 0.433 e. The van der Waals surface area contributed by atoms with E-state index in [1.54, 1.807) is 12.1 Å². The van der Waals surface area contributed by atoms with Crippen LogP contribution in [0.1, 0.15) is 49.3 Å². The summed E-state index contributed by atoms with van der Waals surface area (Å²) in [5, 5.41) is 6.02. The lowest BCUT2D eigenvalue weighted by molar-refractivity contribution is -0.141. The first-order chi connectivity index (χ1) is 17.0. The van der Waals surface area contributed by atoms with Gasteiger partial charge in [-0.3, -0.25) is 0 Å². The van der Waals surface area contributed by atoms with Crippen molar-refractivity contribution >= 4 is 11.9 Å². The third kappa shape index (κ3) is 5.52. The van der Waals surface area contributed by atoms with Crippen molar-refractivity contribution in [1.29, 1.82) is 0 Å². The number of rotatable bonds is 6. The van der Waals surface area contributed by atoms with Crippen LogP contribution in [-0.4, -0.2) is 37.9 Å². The molecule has 0 bridgehead atoms. The molecule has 1 atom stereocenters. The summed E-state index contributed by atoms with van der Waals surface area (Å²) in [5.74, 6) is -2.91. The number of hydrogen-bond donors (Lipinski definition) is 2. The first-order valence-corrected chi connectivity index (χ1v) is 11.5. The van der Waals surface area contributed by atoms with Gasteiger partial charge in [0.25, 0.3) is 0 Å². The highest BCUT2D eigenvalue weighted by atomic mass is 19.4. The summed E-state index contributed by atoms with van der Waals surface area (Å²) in [6.45, 7) is 0. The molecule has 2 aliphatic rings. The van der Waals surface area contributed by atoms with Crippen LogP contribution < -0.4 is 10.6 Å². The van der Waals surface area contributed by atoms with Crippen molar-refractivity contribution in [3.05, 3.63) is 59.5 Å². The van der Waals surface area contributed by atoms with Gasteiger partial charge >= 0.3 is 6.18 Å². The highest BCUT2D eigenvalue weighted by molar-refractivity contribution is 5.54. The summed E-state index contributed by atoms with van der Waals surface area (Å²) < 4.78 is 80.0. The molecule has 2 aromatic heterocycles. The molecular formula is C24H22F6N6. The maximum Gasteiger partial charge on any atom is 0.433 e. The summed E-state index contributed by atoms with van der Waals surface area (Å²) in [6, 6.07) is 9.04. The van der Waals surface area contributed by atoms with Gasteiger partial charge in [-0.2, -0.15) is 28.1 Å². The van der Waals surface area contributed by atoms with Gasteiger partial charge in [0.2, 0.25) is 17.8 Å². The van der Waals surface area contributed by atoms with Gasteiger partial charge in [0.1, 0.15) is 17.2 Å². The smallest absolute Gasteiger partial charge is 0.351 e. The van der Waals surface area contributed by atoms with Crippen LogP contribution in [0.4, 0.5) is 38.2 Å². The Morgan fingerprint density at radius 3 is 2.11 bits per heavy atom. The quantitative estimate of drug-likeness (QED) is 0.395. The zero-order valence-electron chi connectivity index (χ0n) is 18.9. The van der Waals surface area contributed by atoms with Crippen LogP contribution in [0.15, 0.2) is 42.5 Å². The average molecular weight is 508 g/mol. The monoisotopic (exact) mass is 508 g/mol. The molecule has 0 aliphatic heterocycles. The van der Waals surface area contributed by atoms with E-state index in [2.05, 4.69) is 30.6 Å². The maximum atomic E-state index is 13.7. The molecule has 2 aliphatic carbocycles. The Labute approximate surface area is 202 Å². The van der Waals surface area contributed by atoms with Crippen LogP contribution >= 0.6 is 0 Å². The van der Waals surface area contributed by atoms with Crippen LogP contribution in [0.2, 0.25) is 0 Å². The molecule has 2 heterocycles. The summed E-state index contributed by atoms with van der Waals surface area (Å²) >= 11 is 0. The van der Waals surface area contributed by atoms with Crippen molar-refractivity contribution < 1.29 is 26.3 Å². The Morgan fingerprint density at radius 2 is 1.50 bits per heavy atom. The van der Waals surface area contributed by atoms with Crippen molar-refractivity contribution in [3.8, 4) is 11.5 Å². The van der Waals surface area contributed by atoms with Crippen molar-refractivity contribution in [2.24, 2.45) is 0 Å². The number of benzene rings is 1. The van der Waals surface area contributed by atoms with Crippen LogP contribution in [0.5, 0.6) is 0 Å². The summed E-state index contributed by atoms with van der Waals surface area (Å²) in [5.41, 5.74) is -0.211. The van der Waals surface area contributed by atoms with Crippen molar-refractivity contribution in [2.75, 3.05) is 10.6 Å². The minimum atomic E-state index is -4.65. The Morgan fingerprint density at radius 1 is 0.833 bits per heavy atom. The van der Waals surface area contributed by atoms with Crippen molar-refractivity contribution in [2.45, 2.75) is 62.2 Å². The molecule has 1 unspecified atom stereocenters. The molecule has 3 aromatic rings. The molecular weight excluding hydrogens is 486 g/mol. The molecule has 2 N–H and O–H groups in total. The van der Waals surface area contributed by atoms with Crippen LogP contribution in [0, 0.1) is 5.82 Å². The van der Waals surface area contributed by atoms with Gasteiger partial charge in [-0.25, -0.2) is 18.2 Å². The van der Waals surface area contributed by atoms with E-state index in [9.17, 15) is 26.3 Å². The minimum absolute atomic E-state index is 0.0150. The van der Waals surface area contributed by atoms with E-state index >= 15 is 0 Å². The Hall–Kier alpha value is -3.44. The maximum absolute atomic E-state index is 13.7. The fourth-order valence-corrected chi connectivity index (χ4v) is 4.52. The highest BCUT2D eigenvalue weighted by Gasteiger charge is 2.40. The fourth-order valence-electron chi connectivity index (χ4n) is 4.52. The molecule has 0 amide bonds. The summed E-state index contributed by atoms with van der Waals surface area (Å²) in [6.07, 6.45) is -3.67. The third-order valence-electron chi connectivity index (χ3n) is 6.45. The molecule has 6 nitrogen and oxygen atoms in total. The van der Waals surface area contributed by atoms with Gasteiger partial charge in [-0.05, 0) is 55.0 Å². The first-order valence-electron chi connectivity index (χ1n) is 11.5. The van der Waals surface area contributed by atoms with E-state index in [-0.39, 0.29) is 60.5 Å². The van der Waals surface area contributed by atoms with E-state index in [0.29, 0.717) is 12.8 Å². The lowest BCUT2D eigenvalue weighted by Crippen LogP contribution is -2.35. The van der Waals surface area contributed by atoms with Gasteiger partial charge in [-0.1, -0.05) is 18.2 Å². The van der Waals surface area contributed by atoms with E-state index < -0.39 is 23.8 Å². The number of nitrogens with one attached hydrogen (secondary N) is 2. The van der Waals surface area contributed by atoms with E-state index in [1.807, 2.05) is 0 Å². The molecule has 0 saturated heterocycles. The predicted octanol–water partition coefficient (Wildman–Crippen LogP) is 6.05. The second-order valence-corrected chi connectivity index (χ2v) is 9.21.